The van der Waals surface area contributed by atoms with Crippen molar-refractivity contribution in [3.8, 4) is 22.5 Å². The van der Waals surface area contributed by atoms with E-state index in [1.54, 1.807) is 11.3 Å². The molecule has 170 valence electrons. The molecule has 5 rings (SSSR count). The first kappa shape index (κ1) is 22.0. The number of nitrogens with one attached hydrogen (secondary N) is 3. The van der Waals surface area contributed by atoms with Crippen LogP contribution in [-0.2, 0) is 0 Å². The zero-order valence-electron chi connectivity index (χ0n) is 19.2. The summed E-state index contributed by atoms with van der Waals surface area (Å²) in [6.45, 7) is 9.76. The molecule has 0 saturated carbocycles. The number of thiophene rings is 1. The standard InChI is InChI=1S/C27H26N6S/c1-4-17(12-28-6-3)9-18(5-2)23-11-21-26(15-30-23)32-33-27(21)24-10-20-22(19-7-8-34-16-19)13-29-14-25(20)31-24/h4-5,7-11,13-16,28,31H,1,6,12H2,2-3H3,(H,32,33)/b17-9+,18-5+. The summed E-state index contributed by atoms with van der Waals surface area (Å²) in [4.78, 5) is 12.6. The SMILES string of the molecule is C=C/C(=C\C(=C/C)c1cc2c(-c3cc4c(-c5ccsc5)cncc4[nH]3)n[nH]c2cn1)CNCC. The van der Waals surface area contributed by atoms with Crippen molar-refractivity contribution in [1.29, 1.82) is 0 Å². The molecule has 5 aromatic rings. The van der Waals surface area contributed by atoms with Crippen molar-refractivity contribution in [2.45, 2.75) is 13.8 Å². The highest BCUT2D eigenvalue weighted by atomic mass is 32.1. The summed E-state index contributed by atoms with van der Waals surface area (Å²) in [6.07, 6.45) is 11.7. The minimum Gasteiger partial charge on any atom is -0.352 e. The maximum Gasteiger partial charge on any atom is 0.116 e. The van der Waals surface area contributed by atoms with Gasteiger partial charge in [0.25, 0.3) is 0 Å². The molecule has 0 unspecified atom stereocenters. The fourth-order valence-corrected chi connectivity index (χ4v) is 4.72. The van der Waals surface area contributed by atoms with Crippen LogP contribution in [-0.4, -0.2) is 38.2 Å². The molecular weight excluding hydrogens is 440 g/mol. The highest BCUT2D eigenvalue weighted by Gasteiger charge is 2.15. The van der Waals surface area contributed by atoms with E-state index in [-0.39, 0.29) is 0 Å². The first-order chi connectivity index (χ1) is 16.7. The van der Waals surface area contributed by atoms with E-state index in [1.807, 2.05) is 31.6 Å². The summed E-state index contributed by atoms with van der Waals surface area (Å²) in [5, 5.41) is 17.5. The van der Waals surface area contributed by atoms with Gasteiger partial charge in [0.1, 0.15) is 5.69 Å². The van der Waals surface area contributed by atoms with Crippen molar-refractivity contribution < 1.29 is 0 Å². The highest BCUT2D eigenvalue weighted by molar-refractivity contribution is 7.08. The lowest BCUT2D eigenvalue weighted by Gasteiger charge is -2.06. The summed E-state index contributed by atoms with van der Waals surface area (Å²) < 4.78 is 0. The van der Waals surface area contributed by atoms with Gasteiger partial charge in [-0.1, -0.05) is 25.7 Å². The van der Waals surface area contributed by atoms with E-state index in [9.17, 15) is 0 Å². The van der Waals surface area contributed by atoms with Gasteiger partial charge >= 0.3 is 0 Å². The van der Waals surface area contributed by atoms with Gasteiger partial charge in [0.2, 0.25) is 0 Å². The molecule has 3 N–H and O–H groups in total. The Labute approximate surface area is 202 Å². The first-order valence-corrected chi connectivity index (χ1v) is 12.2. The lowest BCUT2D eigenvalue weighted by atomic mass is 10.0. The lowest BCUT2D eigenvalue weighted by Crippen LogP contribution is -2.15. The Morgan fingerprint density at radius 2 is 2.09 bits per heavy atom. The monoisotopic (exact) mass is 466 g/mol. The molecule has 0 atom stereocenters. The van der Waals surface area contributed by atoms with Crippen molar-refractivity contribution in [1.82, 2.24) is 30.5 Å². The molecule has 0 aromatic carbocycles. The molecule has 0 fully saturated rings. The van der Waals surface area contributed by atoms with Gasteiger partial charge < -0.3 is 10.3 Å². The molecule has 5 heterocycles. The number of nitrogens with zero attached hydrogens (tertiary/aromatic N) is 3. The average molecular weight is 467 g/mol. The number of H-pyrrole nitrogens is 2. The minimum atomic E-state index is 0.770. The van der Waals surface area contributed by atoms with Crippen LogP contribution in [0.5, 0.6) is 0 Å². The summed E-state index contributed by atoms with van der Waals surface area (Å²) in [6, 6.07) is 6.37. The maximum absolute atomic E-state index is 4.69. The second-order valence-corrected chi connectivity index (χ2v) is 8.76. The number of aromatic amines is 2. The van der Waals surface area contributed by atoms with Gasteiger partial charge in [0.15, 0.2) is 0 Å². The molecule has 0 bridgehead atoms. The van der Waals surface area contributed by atoms with E-state index in [2.05, 4.69) is 85.1 Å². The molecule has 0 amide bonds. The quantitative estimate of drug-likeness (QED) is 0.233. The molecule has 0 aliphatic carbocycles. The fourth-order valence-electron chi connectivity index (χ4n) is 4.06. The number of pyridine rings is 2. The number of hydrogen-bond acceptors (Lipinski definition) is 5. The van der Waals surface area contributed by atoms with Crippen molar-refractivity contribution in [3.05, 3.63) is 83.6 Å². The number of likely N-dealkylation sites (N-methyl/N-ethyl adjacent to an activating group) is 1. The second kappa shape index (κ2) is 9.59. The first-order valence-electron chi connectivity index (χ1n) is 11.3. The Bertz CT molecular complexity index is 1520. The molecule has 0 saturated heterocycles. The molecule has 6 nitrogen and oxygen atoms in total. The van der Waals surface area contributed by atoms with Crippen molar-refractivity contribution in [3.63, 3.8) is 0 Å². The summed E-state index contributed by atoms with van der Waals surface area (Å²) in [5.41, 5.74) is 9.03. The van der Waals surface area contributed by atoms with Gasteiger partial charge in [-0.3, -0.25) is 15.1 Å². The van der Waals surface area contributed by atoms with Crippen LogP contribution < -0.4 is 5.32 Å². The summed E-state index contributed by atoms with van der Waals surface area (Å²) in [5.74, 6) is 0. The van der Waals surface area contributed by atoms with Gasteiger partial charge in [-0.25, -0.2) is 0 Å². The second-order valence-electron chi connectivity index (χ2n) is 7.98. The zero-order valence-corrected chi connectivity index (χ0v) is 20.0. The minimum absolute atomic E-state index is 0.770. The average Bonchev–Trinajstić information content (AvgIpc) is 3.63. The molecule has 0 aliphatic heterocycles. The normalized spacial score (nSPS) is 12.6. The Morgan fingerprint density at radius 1 is 1.18 bits per heavy atom. The van der Waals surface area contributed by atoms with Crippen LogP contribution in [0.25, 0.3) is 49.9 Å². The van der Waals surface area contributed by atoms with Crippen LogP contribution in [0.4, 0.5) is 0 Å². The van der Waals surface area contributed by atoms with Crippen molar-refractivity contribution in [2.24, 2.45) is 0 Å². The van der Waals surface area contributed by atoms with E-state index in [0.717, 1.165) is 68.7 Å². The zero-order chi connectivity index (χ0) is 23.5. The number of fused-ring (bicyclic) bond motifs is 2. The molecule has 7 heteroatoms. The molecule has 34 heavy (non-hydrogen) atoms. The lowest BCUT2D eigenvalue weighted by molar-refractivity contribution is 0.785. The van der Waals surface area contributed by atoms with Crippen molar-refractivity contribution in [2.75, 3.05) is 13.1 Å². The van der Waals surface area contributed by atoms with E-state index in [4.69, 9.17) is 0 Å². The van der Waals surface area contributed by atoms with Gasteiger partial charge in [-0.15, -0.1) is 0 Å². The van der Waals surface area contributed by atoms with Crippen molar-refractivity contribution >= 4 is 38.7 Å². The van der Waals surface area contributed by atoms with Gasteiger partial charge in [0.05, 0.1) is 34.8 Å². The highest BCUT2D eigenvalue weighted by Crippen LogP contribution is 2.34. The Kier molecular flexibility index (Phi) is 6.20. The van der Waals surface area contributed by atoms with Crippen LogP contribution in [0.15, 0.2) is 77.9 Å². The van der Waals surface area contributed by atoms with Gasteiger partial charge in [-0.05, 0) is 65.2 Å². The van der Waals surface area contributed by atoms with Crippen LogP contribution in [0, 0.1) is 0 Å². The molecule has 0 aliphatic rings. The van der Waals surface area contributed by atoms with Crippen LogP contribution >= 0.6 is 11.3 Å². The van der Waals surface area contributed by atoms with E-state index in [0.29, 0.717) is 0 Å². The third-order valence-corrected chi connectivity index (χ3v) is 6.55. The third kappa shape index (κ3) is 4.11. The summed E-state index contributed by atoms with van der Waals surface area (Å²) in [7, 11) is 0. The Hall–Kier alpha value is -3.81. The fraction of sp³-hybridized carbons (Fsp3) is 0.148. The van der Waals surface area contributed by atoms with E-state index in [1.165, 1.54) is 5.56 Å². The molecular formula is C27H26N6S. The Balaban J connectivity index is 1.58. The predicted molar refractivity (Wildman–Crippen MR) is 143 cm³/mol. The number of aromatic nitrogens is 5. The predicted octanol–water partition coefficient (Wildman–Crippen LogP) is 6.35. The number of hydrogen-bond donors (Lipinski definition) is 3. The van der Waals surface area contributed by atoms with E-state index >= 15 is 0 Å². The van der Waals surface area contributed by atoms with E-state index < -0.39 is 0 Å². The molecule has 5 aromatic heterocycles. The van der Waals surface area contributed by atoms with Crippen LogP contribution in [0.3, 0.4) is 0 Å². The molecule has 0 radical (unpaired) electrons. The topological polar surface area (TPSA) is 82.3 Å². The van der Waals surface area contributed by atoms with Gasteiger partial charge in [0, 0.05) is 29.1 Å². The number of allylic oxidation sites excluding steroid dienone is 3. The molecule has 0 spiro atoms. The Morgan fingerprint density at radius 3 is 2.85 bits per heavy atom. The van der Waals surface area contributed by atoms with Gasteiger partial charge in [-0.2, -0.15) is 16.4 Å². The third-order valence-electron chi connectivity index (χ3n) is 5.87. The largest absolute Gasteiger partial charge is 0.352 e. The smallest absolute Gasteiger partial charge is 0.116 e. The maximum atomic E-state index is 4.69. The summed E-state index contributed by atoms with van der Waals surface area (Å²) >= 11 is 1.68. The van der Waals surface area contributed by atoms with Crippen LogP contribution in [0.2, 0.25) is 0 Å². The van der Waals surface area contributed by atoms with Crippen LogP contribution in [0.1, 0.15) is 19.5 Å². The number of rotatable bonds is 8.